The molecule has 0 unspecified atom stereocenters. The molecule has 2 nitrogen and oxygen atoms in total. The smallest absolute Gasteiger partial charge is 0.0881 e. The first-order chi connectivity index (χ1) is 6.38. The molecule has 1 aromatic heterocycles. The maximum absolute atomic E-state index is 4.35. The van der Waals surface area contributed by atoms with Crippen LogP contribution in [-0.4, -0.2) is 17.2 Å². The number of pyridine rings is 1. The third-order valence-electron chi connectivity index (χ3n) is 1.58. The van der Waals surface area contributed by atoms with Crippen LogP contribution in [0.25, 0.3) is 0 Å². The summed E-state index contributed by atoms with van der Waals surface area (Å²) in [6.45, 7) is 4.79. The van der Waals surface area contributed by atoms with Crippen molar-refractivity contribution >= 4 is 5.71 Å². The van der Waals surface area contributed by atoms with Crippen LogP contribution < -0.4 is 0 Å². The third-order valence-corrected chi connectivity index (χ3v) is 1.58. The lowest BCUT2D eigenvalue weighted by Crippen LogP contribution is -1.99. The van der Waals surface area contributed by atoms with Gasteiger partial charge >= 0.3 is 0 Å². The molecule has 2 heteroatoms. The summed E-state index contributed by atoms with van der Waals surface area (Å²) in [6.07, 6.45) is 5.74. The molecule has 1 rings (SSSR count). The number of aromatic nitrogens is 1. The quantitative estimate of drug-likeness (QED) is 0.646. The minimum Gasteiger partial charge on any atom is -0.283 e. The standard InChI is InChI=1S/C11H14N2/c1-3-7-10(12-4-2)11-8-5-6-9-13-11/h3,5-9H,4H2,1-2H3/b7-3-,12-10?. The lowest BCUT2D eigenvalue weighted by molar-refractivity contribution is 1.12. The zero-order chi connectivity index (χ0) is 9.52. The Morgan fingerprint density at radius 3 is 2.92 bits per heavy atom. The Morgan fingerprint density at radius 2 is 2.38 bits per heavy atom. The lowest BCUT2D eigenvalue weighted by Gasteiger charge is -1.98. The number of aliphatic imine (C=N–C) groups is 1. The Hall–Kier alpha value is -1.44. The molecule has 0 aliphatic heterocycles. The third kappa shape index (κ3) is 2.82. The van der Waals surface area contributed by atoms with Gasteiger partial charge in [-0.15, -0.1) is 0 Å². The van der Waals surface area contributed by atoms with Crippen molar-refractivity contribution in [1.29, 1.82) is 0 Å². The van der Waals surface area contributed by atoms with Crippen molar-refractivity contribution in [2.45, 2.75) is 13.8 Å². The van der Waals surface area contributed by atoms with E-state index in [1.807, 2.05) is 44.2 Å². The molecule has 0 atom stereocenters. The summed E-state index contributed by atoms with van der Waals surface area (Å²) in [5, 5.41) is 0. The summed E-state index contributed by atoms with van der Waals surface area (Å²) in [5.41, 5.74) is 1.88. The zero-order valence-electron chi connectivity index (χ0n) is 8.07. The average molecular weight is 174 g/mol. The van der Waals surface area contributed by atoms with E-state index in [1.165, 1.54) is 0 Å². The van der Waals surface area contributed by atoms with Gasteiger partial charge in [-0.1, -0.05) is 12.1 Å². The van der Waals surface area contributed by atoms with E-state index in [9.17, 15) is 0 Å². The fourth-order valence-corrected chi connectivity index (χ4v) is 1.06. The molecule has 0 saturated carbocycles. The van der Waals surface area contributed by atoms with E-state index in [-0.39, 0.29) is 0 Å². The molecule has 0 radical (unpaired) electrons. The van der Waals surface area contributed by atoms with Crippen molar-refractivity contribution in [3.63, 3.8) is 0 Å². The van der Waals surface area contributed by atoms with Gasteiger partial charge in [0.25, 0.3) is 0 Å². The Morgan fingerprint density at radius 1 is 1.54 bits per heavy atom. The van der Waals surface area contributed by atoms with Gasteiger partial charge in [-0.3, -0.25) is 9.98 Å². The van der Waals surface area contributed by atoms with Gasteiger partial charge < -0.3 is 0 Å². The van der Waals surface area contributed by atoms with Crippen LogP contribution in [0.15, 0.2) is 41.5 Å². The van der Waals surface area contributed by atoms with Crippen molar-refractivity contribution in [2.75, 3.05) is 6.54 Å². The molecule has 0 amide bonds. The number of nitrogens with zero attached hydrogens (tertiary/aromatic N) is 2. The first-order valence-corrected chi connectivity index (χ1v) is 4.47. The van der Waals surface area contributed by atoms with Crippen LogP contribution in [0, 0.1) is 0 Å². The molecular weight excluding hydrogens is 160 g/mol. The summed E-state index contributed by atoms with van der Waals surface area (Å²) in [5.74, 6) is 0. The molecule has 68 valence electrons. The maximum Gasteiger partial charge on any atom is 0.0881 e. The van der Waals surface area contributed by atoms with Crippen molar-refractivity contribution in [1.82, 2.24) is 4.98 Å². The number of allylic oxidation sites excluding steroid dienone is 2. The Kier molecular flexibility index (Phi) is 3.89. The molecule has 0 aliphatic carbocycles. The van der Waals surface area contributed by atoms with E-state index < -0.39 is 0 Å². The van der Waals surface area contributed by atoms with Gasteiger partial charge in [0.1, 0.15) is 0 Å². The Labute approximate surface area is 79.0 Å². The van der Waals surface area contributed by atoms with E-state index >= 15 is 0 Å². The first-order valence-electron chi connectivity index (χ1n) is 4.47. The molecule has 0 spiro atoms. The summed E-state index contributed by atoms with van der Waals surface area (Å²) >= 11 is 0. The summed E-state index contributed by atoms with van der Waals surface area (Å²) in [7, 11) is 0. The van der Waals surface area contributed by atoms with Gasteiger partial charge in [-0.2, -0.15) is 0 Å². The predicted octanol–water partition coefficient (Wildman–Crippen LogP) is 2.47. The summed E-state index contributed by atoms with van der Waals surface area (Å²) in [6, 6.07) is 5.84. The van der Waals surface area contributed by atoms with Crippen LogP contribution >= 0.6 is 0 Å². The van der Waals surface area contributed by atoms with Gasteiger partial charge in [0.2, 0.25) is 0 Å². The van der Waals surface area contributed by atoms with Crippen molar-refractivity contribution < 1.29 is 0 Å². The van der Waals surface area contributed by atoms with Crippen molar-refractivity contribution in [3.05, 3.63) is 42.2 Å². The van der Waals surface area contributed by atoms with Crippen LogP contribution in [0.1, 0.15) is 19.5 Å². The van der Waals surface area contributed by atoms with Gasteiger partial charge in [0.05, 0.1) is 11.4 Å². The summed E-state index contributed by atoms with van der Waals surface area (Å²) in [4.78, 5) is 8.59. The van der Waals surface area contributed by atoms with E-state index in [2.05, 4.69) is 9.98 Å². The molecule has 0 fully saturated rings. The van der Waals surface area contributed by atoms with Crippen LogP contribution in [0.4, 0.5) is 0 Å². The van der Waals surface area contributed by atoms with Crippen molar-refractivity contribution in [3.8, 4) is 0 Å². The van der Waals surface area contributed by atoms with E-state index in [1.54, 1.807) is 6.20 Å². The highest BCUT2D eigenvalue weighted by atomic mass is 14.8. The molecular formula is C11H14N2. The van der Waals surface area contributed by atoms with Gasteiger partial charge in [-0.25, -0.2) is 0 Å². The zero-order valence-corrected chi connectivity index (χ0v) is 8.07. The van der Waals surface area contributed by atoms with E-state index in [4.69, 9.17) is 0 Å². The molecule has 0 aliphatic rings. The topological polar surface area (TPSA) is 25.2 Å². The van der Waals surface area contributed by atoms with Gasteiger partial charge in [0, 0.05) is 12.7 Å². The van der Waals surface area contributed by atoms with E-state index in [0.717, 1.165) is 18.0 Å². The molecule has 0 saturated heterocycles. The SMILES string of the molecule is C/C=C\C(=NCC)c1ccccn1. The monoisotopic (exact) mass is 174 g/mol. The minimum atomic E-state index is 0.788. The highest BCUT2D eigenvalue weighted by Crippen LogP contribution is 1.98. The largest absolute Gasteiger partial charge is 0.283 e. The van der Waals surface area contributed by atoms with Crippen molar-refractivity contribution in [2.24, 2.45) is 4.99 Å². The average Bonchev–Trinajstić information content (AvgIpc) is 2.19. The molecule has 13 heavy (non-hydrogen) atoms. The Bertz CT molecular complexity index is 299. The van der Waals surface area contributed by atoms with Gasteiger partial charge in [-0.05, 0) is 32.1 Å². The van der Waals surface area contributed by atoms with Crippen LogP contribution in [0.3, 0.4) is 0 Å². The molecule has 0 N–H and O–H groups in total. The Balaban J connectivity index is 2.96. The van der Waals surface area contributed by atoms with Crippen LogP contribution in [-0.2, 0) is 0 Å². The second kappa shape index (κ2) is 5.25. The van der Waals surface area contributed by atoms with Gasteiger partial charge in [0.15, 0.2) is 0 Å². The molecule has 0 bridgehead atoms. The summed E-state index contributed by atoms with van der Waals surface area (Å²) < 4.78 is 0. The fourth-order valence-electron chi connectivity index (χ4n) is 1.06. The predicted molar refractivity (Wildman–Crippen MR) is 56.1 cm³/mol. The van der Waals surface area contributed by atoms with E-state index in [0.29, 0.717) is 0 Å². The normalized spacial score (nSPS) is 12.3. The molecule has 0 aromatic carbocycles. The molecule has 1 heterocycles. The minimum absolute atomic E-state index is 0.788. The fraction of sp³-hybridized carbons (Fsp3) is 0.273. The number of rotatable bonds is 3. The highest BCUT2D eigenvalue weighted by molar-refractivity contribution is 6.07. The second-order valence-electron chi connectivity index (χ2n) is 2.57. The molecule has 1 aromatic rings. The lowest BCUT2D eigenvalue weighted by atomic mass is 10.2. The second-order valence-corrected chi connectivity index (χ2v) is 2.57. The number of hydrogen-bond donors (Lipinski definition) is 0. The first kappa shape index (κ1) is 9.65. The van der Waals surface area contributed by atoms with Crippen LogP contribution in [0.5, 0.6) is 0 Å². The van der Waals surface area contributed by atoms with Crippen LogP contribution in [0.2, 0.25) is 0 Å². The highest BCUT2D eigenvalue weighted by Gasteiger charge is 1.97. The number of hydrogen-bond acceptors (Lipinski definition) is 2. The maximum atomic E-state index is 4.35.